The first-order valence-corrected chi connectivity index (χ1v) is 10.5. The van der Waals surface area contributed by atoms with E-state index in [-0.39, 0.29) is 0 Å². The summed E-state index contributed by atoms with van der Waals surface area (Å²) in [4.78, 5) is 9.14. The molecule has 150 valence electrons. The molecule has 5 aromatic rings. The molecule has 0 saturated heterocycles. The van der Waals surface area contributed by atoms with Gasteiger partial charge in [-0.1, -0.05) is 65.7 Å². The van der Waals surface area contributed by atoms with Crippen LogP contribution in [0.4, 0.5) is 5.69 Å². The maximum absolute atomic E-state index is 6.18. The first-order chi connectivity index (χ1) is 15.2. The Balaban J connectivity index is 1.38. The number of fused-ring (bicyclic) bond motifs is 2. The van der Waals surface area contributed by atoms with Crippen LogP contribution in [0.25, 0.3) is 39.4 Å². The fraction of sp³-hybridized carbons (Fsp3) is 0. The van der Waals surface area contributed by atoms with Crippen molar-refractivity contribution < 1.29 is 4.42 Å². The van der Waals surface area contributed by atoms with E-state index in [1.807, 2.05) is 54.6 Å². The zero-order valence-corrected chi connectivity index (χ0v) is 17.8. The summed E-state index contributed by atoms with van der Waals surface area (Å²) in [5, 5.41) is 3.55. The summed E-state index contributed by atoms with van der Waals surface area (Å²) < 4.78 is 5.96. The van der Waals surface area contributed by atoms with Crippen LogP contribution in [0, 0.1) is 0 Å². The van der Waals surface area contributed by atoms with Crippen LogP contribution in [0.15, 0.2) is 94.3 Å². The van der Waals surface area contributed by atoms with E-state index in [1.165, 1.54) is 5.39 Å². The summed E-state index contributed by atoms with van der Waals surface area (Å²) >= 11 is 12.1. The molecule has 0 bridgehead atoms. The molecule has 0 atom stereocenters. The molecule has 31 heavy (non-hydrogen) atoms. The Morgan fingerprint density at radius 2 is 1.71 bits per heavy atom. The summed E-state index contributed by atoms with van der Waals surface area (Å²) in [6.07, 6.45) is 5.44. The minimum Gasteiger partial charge on any atom is -0.436 e. The van der Waals surface area contributed by atoms with Crippen molar-refractivity contribution in [1.29, 1.82) is 0 Å². The summed E-state index contributed by atoms with van der Waals surface area (Å²) in [5.74, 6) is 0.596. The van der Waals surface area contributed by atoms with Crippen molar-refractivity contribution in [1.82, 2.24) is 4.98 Å². The average molecular weight is 443 g/mol. The largest absolute Gasteiger partial charge is 0.436 e. The summed E-state index contributed by atoms with van der Waals surface area (Å²) in [6, 6.07) is 25.5. The Morgan fingerprint density at radius 3 is 2.58 bits per heavy atom. The molecule has 0 N–H and O–H groups in total. The quantitative estimate of drug-likeness (QED) is 0.262. The summed E-state index contributed by atoms with van der Waals surface area (Å²) in [6.45, 7) is 0. The SMILES string of the molecule is Clc1ccc(C=CC=Nc2ccc3oc(-c4ccc5ccccc5c4)nc3c2)c(Cl)c1. The second-order valence-corrected chi connectivity index (χ2v) is 7.88. The Hall–Kier alpha value is -3.40. The van der Waals surface area contributed by atoms with Gasteiger partial charge in [0.1, 0.15) is 5.52 Å². The zero-order chi connectivity index (χ0) is 21.2. The van der Waals surface area contributed by atoms with Gasteiger partial charge in [-0.2, -0.15) is 0 Å². The molecule has 1 aromatic heterocycles. The third kappa shape index (κ3) is 4.24. The fourth-order valence-electron chi connectivity index (χ4n) is 3.35. The topological polar surface area (TPSA) is 38.4 Å². The lowest BCUT2D eigenvalue weighted by Crippen LogP contribution is -1.78. The van der Waals surface area contributed by atoms with Gasteiger partial charge in [-0.3, -0.25) is 4.99 Å². The first-order valence-electron chi connectivity index (χ1n) is 9.71. The highest BCUT2D eigenvalue weighted by Gasteiger charge is 2.09. The number of oxazole rings is 1. The van der Waals surface area contributed by atoms with E-state index in [1.54, 1.807) is 18.3 Å². The number of aromatic nitrogens is 1. The number of halogens is 2. The zero-order valence-electron chi connectivity index (χ0n) is 16.3. The Labute approximate surface area is 189 Å². The van der Waals surface area contributed by atoms with Crippen LogP contribution in [0.2, 0.25) is 10.0 Å². The van der Waals surface area contributed by atoms with E-state index in [4.69, 9.17) is 27.6 Å². The third-order valence-electron chi connectivity index (χ3n) is 4.92. The second kappa shape index (κ2) is 8.38. The monoisotopic (exact) mass is 442 g/mol. The first kappa shape index (κ1) is 19.6. The van der Waals surface area contributed by atoms with Crippen LogP contribution in [0.5, 0.6) is 0 Å². The van der Waals surface area contributed by atoms with Crippen molar-refractivity contribution in [3.8, 4) is 11.5 Å². The van der Waals surface area contributed by atoms with Gasteiger partial charge in [0, 0.05) is 21.8 Å². The standard InChI is InChI=1S/C26H16Cl2N2O/c27-21-10-9-18(23(28)15-21)6-3-13-29-22-11-12-25-24(16-22)30-26(31-25)20-8-7-17-4-1-2-5-19(17)14-20/h1-16H. The number of hydrogen-bond acceptors (Lipinski definition) is 3. The van der Waals surface area contributed by atoms with E-state index in [0.29, 0.717) is 15.9 Å². The van der Waals surface area contributed by atoms with Crippen molar-refractivity contribution in [3.05, 3.63) is 101 Å². The van der Waals surface area contributed by atoms with Crippen molar-refractivity contribution in [2.24, 2.45) is 4.99 Å². The molecule has 3 nitrogen and oxygen atoms in total. The maximum atomic E-state index is 6.18. The molecule has 0 saturated carbocycles. The smallest absolute Gasteiger partial charge is 0.227 e. The van der Waals surface area contributed by atoms with E-state index in [2.05, 4.69) is 34.2 Å². The predicted octanol–water partition coefficient (Wildman–Crippen LogP) is 8.37. The van der Waals surface area contributed by atoms with Crippen LogP contribution in [0.1, 0.15) is 5.56 Å². The molecule has 0 aliphatic rings. The van der Waals surface area contributed by atoms with Gasteiger partial charge in [0.25, 0.3) is 0 Å². The predicted molar refractivity (Wildman–Crippen MR) is 131 cm³/mol. The molecule has 5 rings (SSSR count). The number of nitrogens with zero attached hydrogens (tertiary/aromatic N) is 2. The molecule has 4 aromatic carbocycles. The Bertz CT molecular complexity index is 1470. The van der Waals surface area contributed by atoms with Gasteiger partial charge in [0.15, 0.2) is 5.58 Å². The van der Waals surface area contributed by atoms with Crippen LogP contribution in [0.3, 0.4) is 0 Å². The van der Waals surface area contributed by atoms with E-state index >= 15 is 0 Å². The van der Waals surface area contributed by atoms with Crippen molar-refractivity contribution in [3.63, 3.8) is 0 Å². The van der Waals surface area contributed by atoms with Crippen molar-refractivity contribution in [2.45, 2.75) is 0 Å². The number of allylic oxidation sites excluding steroid dienone is 1. The number of benzene rings is 4. The van der Waals surface area contributed by atoms with Crippen LogP contribution in [-0.4, -0.2) is 11.2 Å². The van der Waals surface area contributed by atoms with Crippen LogP contribution in [-0.2, 0) is 0 Å². The van der Waals surface area contributed by atoms with Gasteiger partial charge in [-0.25, -0.2) is 4.98 Å². The molecule has 0 fully saturated rings. The average Bonchev–Trinajstić information content (AvgIpc) is 3.21. The third-order valence-corrected chi connectivity index (χ3v) is 5.48. The van der Waals surface area contributed by atoms with Gasteiger partial charge < -0.3 is 4.42 Å². The number of rotatable bonds is 4. The lowest BCUT2D eigenvalue weighted by molar-refractivity contribution is 0.620. The normalized spacial score (nSPS) is 11.9. The molecule has 0 aliphatic heterocycles. The Morgan fingerprint density at radius 1 is 0.839 bits per heavy atom. The minimum atomic E-state index is 0.596. The molecular weight excluding hydrogens is 427 g/mol. The summed E-state index contributed by atoms with van der Waals surface area (Å²) in [7, 11) is 0. The lowest BCUT2D eigenvalue weighted by atomic mass is 10.1. The highest BCUT2D eigenvalue weighted by atomic mass is 35.5. The fourth-order valence-corrected chi connectivity index (χ4v) is 3.83. The Kier molecular flexibility index (Phi) is 5.29. The van der Waals surface area contributed by atoms with Crippen LogP contribution < -0.4 is 0 Å². The maximum Gasteiger partial charge on any atom is 0.227 e. The molecule has 5 heteroatoms. The van der Waals surface area contributed by atoms with Gasteiger partial charge in [-0.15, -0.1) is 0 Å². The lowest BCUT2D eigenvalue weighted by Gasteiger charge is -1.99. The van der Waals surface area contributed by atoms with Gasteiger partial charge in [0.2, 0.25) is 5.89 Å². The molecule has 0 spiro atoms. The molecule has 0 unspecified atom stereocenters. The van der Waals surface area contributed by atoms with E-state index in [9.17, 15) is 0 Å². The van der Waals surface area contributed by atoms with Crippen molar-refractivity contribution >= 4 is 63.1 Å². The number of aliphatic imine (C=N–C) groups is 1. The molecular formula is C26H16Cl2N2O. The van der Waals surface area contributed by atoms with Crippen molar-refractivity contribution in [2.75, 3.05) is 0 Å². The minimum absolute atomic E-state index is 0.596. The van der Waals surface area contributed by atoms with Crippen LogP contribution >= 0.6 is 23.2 Å². The highest BCUT2D eigenvalue weighted by molar-refractivity contribution is 6.35. The van der Waals surface area contributed by atoms with E-state index in [0.717, 1.165) is 33.3 Å². The van der Waals surface area contributed by atoms with Gasteiger partial charge in [-0.05, 0) is 64.9 Å². The van der Waals surface area contributed by atoms with Gasteiger partial charge in [0.05, 0.1) is 5.69 Å². The molecule has 0 amide bonds. The summed E-state index contributed by atoms with van der Waals surface area (Å²) in [5.41, 5.74) is 4.11. The molecule has 1 heterocycles. The molecule has 0 aliphatic carbocycles. The molecule has 0 radical (unpaired) electrons. The second-order valence-electron chi connectivity index (χ2n) is 7.04. The van der Waals surface area contributed by atoms with E-state index < -0.39 is 0 Å². The van der Waals surface area contributed by atoms with Gasteiger partial charge >= 0.3 is 0 Å². The number of hydrogen-bond donors (Lipinski definition) is 0. The highest BCUT2D eigenvalue weighted by Crippen LogP contribution is 2.29.